The molecule has 1 aliphatic carbocycles. The van der Waals surface area contributed by atoms with Gasteiger partial charge in [-0.05, 0) is 61.4 Å². The molecule has 0 spiro atoms. The second kappa shape index (κ2) is 9.95. The predicted octanol–water partition coefficient (Wildman–Crippen LogP) is 4.88. The van der Waals surface area contributed by atoms with Gasteiger partial charge in [0.05, 0.1) is 23.0 Å². The maximum absolute atomic E-state index is 13.7. The van der Waals surface area contributed by atoms with Crippen molar-refractivity contribution in [3.05, 3.63) is 86.5 Å². The van der Waals surface area contributed by atoms with Gasteiger partial charge in [0, 0.05) is 4.88 Å². The molecule has 2 aromatic carbocycles. The number of carbonyl (C=O) groups excluding carboxylic acids is 1. The van der Waals surface area contributed by atoms with E-state index in [9.17, 15) is 9.59 Å². The van der Waals surface area contributed by atoms with Gasteiger partial charge in [0.15, 0.2) is 5.16 Å². The largest absolute Gasteiger partial charge is 0.272 e. The van der Waals surface area contributed by atoms with Crippen LogP contribution in [0.1, 0.15) is 34.4 Å². The van der Waals surface area contributed by atoms with E-state index in [0.717, 1.165) is 58.3 Å². The van der Waals surface area contributed by atoms with Crippen molar-refractivity contribution in [1.82, 2.24) is 15.0 Å². The first-order chi connectivity index (χ1) is 16.6. The molecule has 0 fully saturated rings. The summed E-state index contributed by atoms with van der Waals surface area (Å²) in [6.07, 6.45) is 5.82. The maximum atomic E-state index is 13.7. The minimum absolute atomic E-state index is 0.0592. The molecule has 1 N–H and O–H groups in total. The molecule has 2 aromatic heterocycles. The zero-order valence-corrected chi connectivity index (χ0v) is 20.4. The number of benzene rings is 2. The number of aromatic nitrogens is 2. The summed E-state index contributed by atoms with van der Waals surface area (Å²) in [4.78, 5) is 33.1. The first kappa shape index (κ1) is 22.6. The topological polar surface area (TPSA) is 76.3 Å². The Morgan fingerprint density at radius 3 is 2.74 bits per heavy atom. The average molecular weight is 489 g/mol. The van der Waals surface area contributed by atoms with Crippen LogP contribution in [0.25, 0.3) is 15.9 Å². The van der Waals surface area contributed by atoms with Gasteiger partial charge in [-0.3, -0.25) is 14.2 Å². The fraction of sp³-hybridized carbons (Fsp3) is 0.231. The van der Waals surface area contributed by atoms with Crippen LogP contribution < -0.4 is 11.0 Å². The molecule has 2 heterocycles. The summed E-state index contributed by atoms with van der Waals surface area (Å²) in [5.41, 5.74) is 6.45. The molecule has 6 nitrogen and oxygen atoms in total. The van der Waals surface area contributed by atoms with Crippen molar-refractivity contribution in [3.8, 4) is 5.69 Å². The summed E-state index contributed by atoms with van der Waals surface area (Å²) in [6.45, 7) is 1.99. The van der Waals surface area contributed by atoms with Crippen molar-refractivity contribution in [2.75, 3.05) is 5.75 Å². The highest BCUT2D eigenvalue weighted by Gasteiger charge is 2.23. The minimum atomic E-state index is -0.255. The summed E-state index contributed by atoms with van der Waals surface area (Å²) in [5, 5.41) is 5.33. The van der Waals surface area contributed by atoms with Crippen molar-refractivity contribution in [2.45, 2.75) is 37.8 Å². The lowest BCUT2D eigenvalue weighted by atomic mass is 9.97. The molecule has 4 aromatic rings. The van der Waals surface area contributed by atoms with E-state index in [4.69, 9.17) is 4.98 Å². The second-order valence-corrected chi connectivity index (χ2v) is 10.2. The normalized spacial score (nSPS) is 13.3. The molecule has 1 amide bonds. The number of hydrogen-bond acceptors (Lipinski definition) is 6. The van der Waals surface area contributed by atoms with Crippen LogP contribution in [-0.4, -0.2) is 27.4 Å². The quantitative estimate of drug-likeness (QED) is 0.182. The third kappa shape index (κ3) is 4.56. The summed E-state index contributed by atoms with van der Waals surface area (Å²) in [5.74, 6) is -0.157. The summed E-state index contributed by atoms with van der Waals surface area (Å²) in [6, 6.07) is 17.3. The Morgan fingerprint density at radius 2 is 1.91 bits per heavy atom. The van der Waals surface area contributed by atoms with E-state index in [0.29, 0.717) is 5.16 Å². The highest BCUT2D eigenvalue weighted by atomic mass is 32.2. The van der Waals surface area contributed by atoms with E-state index in [1.807, 2.05) is 61.5 Å². The monoisotopic (exact) mass is 488 g/mol. The fourth-order valence-electron chi connectivity index (χ4n) is 4.16. The summed E-state index contributed by atoms with van der Waals surface area (Å²) < 4.78 is 1.64. The van der Waals surface area contributed by atoms with Crippen LogP contribution in [0.3, 0.4) is 0 Å². The average Bonchev–Trinajstić information content (AvgIpc) is 3.23. The van der Waals surface area contributed by atoms with Gasteiger partial charge in [-0.25, -0.2) is 10.4 Å². The molecule has 5 rings (SSSR count). The number of fused-ring (bicyclic) bond motifs is 3. The fourth-order valence-corrected chi connectivity index (χ4v) is 6.26. The van der Waals surface area contributed by atoms with Gasteiger partial charge >= 0.3 is 0 Å². The summed E-state index contributed by atoms with van der Waals surface area (Å²) in [7, 11) is 0. The van der Waals surface area contributed by atoms with Crippen LogP contribution in [0.15, 0.2) is 69.6 Å². The first-order valence-electron chi connectivity index (χ1n) is 11.2. The number of nitrogens with one attached hydrogen (secondary N) is 1. The molecule has 0 aliphatic heterocycles. The van der Waals surface area contributed by atoms with E-state index in [-0.39, 0.29) is 17.2 Å². The molecular weight excluding hydrogens is 464 g/mol. The Hall–Kier alpha value is -3.23. The molecule has 8 heteroatoms. The van der Waals surface area contributed by atoms with E-state index in [1.54, 1.807) is 22.1 Å². The molecule has 34 heavy (non-hydrogen) atoms. The lowest BCUT2D eigenvalue weighted by Crippen LogP contribution is -2.24. The first-order valence-corrected chi connectivity index (χ1v) is 13.0. The zero-order chi connectivity index (χ0) is 23.5. The van der Waals surface area contributed by atoms with Gasteiger partial charge in [-0.15, -0.1) is 11.3 Å². The molecule has 172 valence electrons. The second-order valence-electron chi connectivity index (χ2n) is 8.20. The van der Waals surface area contributed by atoms with Crippen molar-refractivity contribution in [1.29, 1.82) is 0 Å². The Balaban J connectivity index is 1.42. The van der Waals surface area contributed by atoms with E-state index in [1.165, 1.54) is 16.6 Å². The molecule has 0 saturated carbocycles. The number of thioether (sulfide) groups is 1. The molecular formula is C26H24N4O2S2. The third-order valence-electron chi connectivity index (χ3n) is 5.89. The van der Waals surface area contributed by atoms with Crippen LogP contribution in [-0.2, 0) is 17.6 Å². The van der Waals surface area contributed by atoms with Crippen LogP contribution in [0.5, 0.6) is 0 Å². The van der Waals surface area contributed by atoms with Gasteiger partial charge in [0.25, 0.3) is 11.5 Å². The van der Waals surface area contributed by atoms with Crippen molar-refractivity contribution in [3.63, 3.8) is 0 Å². The van der Waals surface area contributed by atoms with Gasteiger partial charge < -0.3 is 0 Å². The highest BCUT2D eigenvalue weighted by molar-refractivity contribution is 7.99. The standard InChI is InChI=1S/C26H24N4O2S2/c1-17-9-5-6-10-18(17)15-27-29-22(31)16-33-26-28-24-23(20-13-7-8-14-21(20)34-24)25(32)30(26)19-11-3-2-4-12-19/h2-6,9-12,15H,7-8,13-14,16H2,1H3,(H,29,31)/b27-15-. The van der Waals surface area contributed by atoms with Crippen LogP contribution in [0, 0.1) is 6.92 Å². The maximum Gasteiger partial charge on any atom is 0.267 e. The van der Waals surface area contributed by atoms with E-state index >= 15 is 0 Å². The van der Waals surface area contributed by atoms with Crippen molar-refractivity contribution in [2.24, 2.45) is 5.10 Å². The van der Waals surface area contributed by atoms with E-state index in [2.05, 4.69) is 10.5 Å². The van der Waals surface area contributed by atoms with Gasteiger partial charge in [-0.1, -0.05) is 54.2 Å². The Kier molecular flexibility index (Phi) is 6.60. The number of carbonyl (C=O) groups is 1. The predicted molar refractivity (Wildman–Crippen MR) is 139 cm³/mol. The van der Waals surface area contributed by atoms with Crippen LogP contribution >= 0.6 is 23.1 Å². The number of hydrazone groups is 1. The Bertz CT molecular complexity index is 1440. The smallest absolute Gasteiger partial charge is 0.267 e. The molecule has 0 bridgehead atoms. The lowest BCUT2D eigenvalue weighted by molar-refractivity contribution is -0.118. The van der Waals surface area contributed by atoms with Crippen LogP contribution in [0.2, 0.25) is 0 Å². The number of nitrogens with zero attached hydrogens (tertiary/aromatic N) is 3. The Labute approximate surface area is 205 Å². The Morgan fingerprint density at radius 1 is 1.15 bits per heavy atom. The lowest BCUT2D eigenvalue weighted by Gasteiger charge is -2.13. The number of amides is 1. The number of hydrogen-bond donors (Lipinski definition) is 1. The number of rotatable bonds is 6. The van der Waals surface area contributed by atoms with Crippen LogP contribution in [0.4, 0.5) is 0 Å². The molecule has 0 saturated heterocycles. The van der Waals surface area contributed by atoms with E-state index < -0.39 is 0 Å². The number of thiophene rings is 1. The minimum Gasteiger partial charge on any atom is -0.272 e. The van der Waals surface area contributed by atoms with Gasteiger partial charge in [0.2, 0.25) is 0 Å². The third-order valence-corrected chi connectivity index (χ3v) is 8.01. The molecule has 0 unspecified atom stereocenters. The van der Waals surface area contributed by atoms with Crippen molar-refractivity contribution >= 4 is 45.4 Å². The molecule has 1 aliphatic rings. The van der Waals surface area contributed by atoms with Gasteiger partial charge in [0.1, 0.15) is 4.83 Å². The molecule has 0 atom stereocenters. The molecule has 0 radical (unpaired) electrons. The number of para-hydroxylation sites is 1. The number of aryl methyl sites for hydroxylation is 3. The van der Waals surface area contributed by atoms with Crippen molar-refractivity contribution < 1.29 is 4.79 Å². The summed E-state index contributed by atoms with van der Waals surface area (Å²) >= 11 is 2.86. The highest BCUT2D eigenvalue weighted by Crippen LogP contribution is 2.35. The zero-order valence-electron chi connectivity index (χ0n) is 18.8. The van der Waals surface area contributed by atoms with Gasteiger partial charge in [-0.2, -0.15) is 5.10 Å². The SMILES string of the molecule is Cc1ccccc1/C=N\NC(=O)CSc1nc2sc3c(c2c(=O)n1-c1ccccc1)CCCC3.